The molecule has 5 N–H and O–H groups in total. The Morgan fingerprint density at radius 2 is 2.20 bits per heavy atom. The summed E-state index contributed by atoms with van der Waals surface area (Å²) in [5.41, 5.74) is 5.46. The number of nitrogens with zero attached hydrogens (tertiary/aromatic N) is 6. The van der Waals surface area contributed by atoms with Crippen molar-refractivity contribution in [1.82, 2.24) is 29.8 Å². The maximum absolute atomic E-state index is 12.8. The van der Waals surface area contributed by atoms with Crippen LogP contribution in [0.4, 0.5) is 5.13 Å². The topological polar surface area (TPSA) is 223 Å². The molecule has 2 fully saturated rings. The van der Waals surface area contributed by atoms with E-state index in [0.717, 1.165) is 11.5 Å². The minimum atomic E-state index is -1.31. The fraction of sp³-hybridized carbons (Fsp3) is 0.438. The average Bonchev–Trinajstić information content (AvgIpc) is 3.50. The van der Waals surface area contributed by atoms with Gasteiger partial charge in [-0.25, -0.2) is 4.79 Å². The Hall–Kier alpha value is -3.03. The smallest absolute Gasteiger partial charge is 0.344 e. The number of fused-ring (bicyclic) bond motifs is 1. The van der Waals surface area contributed by atoms with E-state index in [-0.39, 0.29) is 29.0 Å². The number of hydrogen-bond acceptors (Lipinski definition) is 15. The zero-order chi connectivity index (χ0) is 25.2. The van der Waals surface area contributed by atoms with Crippen LogP contribution in [-0.2, 0) is 24.0 Å². The van der Waals surface area contributed by atoms with Gasteiger partial charge in [-0.3, -0.25) is 14.4 Å². The maximum Gasteiger partial charge on any atom is 0.344 e. The van der Waals surface area contributed by atoms with E-state index in [2.05, 4.69) is 34.9 Å². The largest absolute Gasteiger partial charge is 0.481 e. The van der Waals surface area contributed by atoms with Crippen LogP contribution in [0, 0.1) is 5.41 Å². The van der Waals surface area contributed by atoms with Gasteiger partial charge in [-0.15, -0.1) is 22.0 Å². The fourth-order valence-corrected chi connectivity index (χ4v) is 6.99. The van der Waals surface area contributed by atoms with Crippen LogP contribution in [0.1, 0.15) is 5.82 Å². The third-order valence-electron chi connectivity index (χ3n) is 4.91. The third-order valence-corrected chi connectivity index (χ3v) is 9.19. The highest BCUT2D eigenvalue weighted by Gasteiger charge is 2.57. The molecule has 0 aromatic carbocycles. The molecule has 0 saturated carbocycles. The number of amides is 2. The summed E-state index contributed by atoms with van der Waals surface area (Å²) in [4.78, 5) is 58.4. The lowest BCUT2D eigenvalue weighted by Crippen LogP contribution is -2.74. The van der Waals surface area contributed by atoms with Gasteiger partial charge in [0.25, 0.3) is 5.91 Å². The van der Waals surface area contributed by atoms with Crippen molar-refractivity contribution >= 4 is 81.0 Å². The summed E-state index contributed by atoms with van der Waals surface area (Å²) in [6.07, 6.45) is 0. The van der Waals surface area contributed by atoms with Crippen LogP contribution in [0.3, 0.4) is 0 Å². The number of oxime groups is 1. The Balaban J connectivity index is 1.43. The van der Waals surface area contributed by atoms with Crippen molar-refractivity contribution in [3.8, 4) is 0 Å². The number of thioether (sulfide) groups is 2. The van der Waals surface area contributed by atoms with Gasteiger partial charge < -0.3 is 31.0 Å². The SMILES string of the molecule is Nc1nc(C(=NOCC(=O)O)C(=O)NC2C(=O)N3CC(CSc4nncs4)(C(=O)O)CS[C@H]23)ns1. The van der Waals surface area contributed by atoms with Gasteiger partial charge >= 0.3 is 11.9 Å². The number of aromatic nitrogens is 4. The lowest BCUT2D eigenvalue weighted by Gasteiger charge is -2.53. The van der Waals surface area contributed by atoms with Gasteiger partial charge in [0, 0.05) is 29.6 Å². The van der Waals surface area contributed by atoms with Gasteiger partial charge in [0.15, 0.2) is 9.47 Å². The number of carbonyl (C=O) groups excluding carboxylic acids is 2. The van der Waals surface area contributed by atoms with Gasteiger partial charge in [-0.2, -0.15) is 9.36 Å². The molecule has 0 bridgehead atoms. The molecule has 4 heterocycles. The molecule has 2 aromatic rings. The number of aliphatic carboxylic acids is 2. The predicted molar refractivity (Wildman–Crippen MR) is 125 cm³/mol. The monoisotopic (exact) mass is 560 g/mol. The van der Waals surface area contributed by atoms with Gasteiger partial charge in [-0.1, -0.05) is 28.3 Å². The molecule has 0 aliphatic carbocycles. The summed E-state index contributed by atoms with van der Waals surface area (Å²) >= 11 is 4.59. The van der Waals surface area contributed by atoms with E-state index < -0.39 is 52.9 Å². The van der Waals surface area contributed by atoms with Gasteiger partial charge in [0.2, 0.25) is 24.1 Å². The number of carboxylic acid groups (broad SMARTS) is 2. The first kappa shape index (κ1) is 25.1. The maximum atomic E-state index is 12.8. The Labute approximate surface area is 212 Å². The van der Waals surface area contributed by atoms with Crippen LogP contribution in [0.5, 0.6) is 0 Å². The highest BCUT2D eigenvalue weighted by Crippen LogP contribution is 2.44. The molecular formula is C16H16N8O7S4. The Bertz CT molecular complexity index is 1170. The quantitative estimate of drug-likeness (QED) is 0.119. The molecule has 186 valence electrons. The van der Waals surface area contributed by atoms with E-state index in [1.54, 1.807) is 5.51 Å². The summed E-state index contributed by atoms with van der Waals surface area (Å²) < 4.78 is 4.51. The second kappa shape index (κ2) is 10.3. The van der Waals surface area contributed by atoms with Crippen LogP contribution in [0.25, 0.3) is 0 Å². The number of hydrogen-bond donors (Lipinski definition) is 4. The Kier molecular flexibility index (Phi) is 7.38. The molecule has 0 spiro atoms. The number of nitrogens with two attached hydrogens (primary N) is 1. The number of nitrogen functional groups attached to an aromatic ring is 1. The van der Waals surface area contributed by atoms with Gasteiger partial charge in [0.05, 0.1) is 0 Å². The number of β-lactam (4-membered cyclic amide) rings is 1. The van der Waals surface area contributed by atoms with Crippen LogP contribution >= 0.6 is 46.4 Å². The number of rotatable bonds is 10. The molecular weight excluding hydrogens is 544 g/mol. The van der Waals surface area contributed by atoms with Crippen LogP contribution in [0.15, 0.2) is 15.0 Å². The lowest BCUT2D eigenvalue weighted by atomic mass is 9.89. The van der Waals surface area contributed by atoms with Crippen LogP contribution < -0.4 is 11.1 Å². The molecule has 19 heteroatoms. The fourth-order valence-electron chi connectivity index (χ4n) is 3.21. The standard InChI is InChI=1S/C16H16N8O7S4/c17-14-20-9(23-35-14)7(22-31-1-6(25)26)10(27)19-8-11(28)24-2-16(13(29)30,3-32-12(8)24)4-33-15-21-18-5-34-15/h5,8,12H,1-4H2,(H,19,27)(H,25,26)(H,29,30)(H2,17,20,23)/t8?,12-,16?/m1/s1. The zero-order valence-electron chi connectivity index (χ0n) is 17.4. The Morgan fingerprint density at radius 3 is 2.83 bits per heavy atom. The Morgan fingerprint density at radius 1 is 1.40 bits per heavy atom. The first-order chi connectivity index (χ1) is 16.7. The van der Waals surface area contributed by atoms with Crippen molar-refractivity contribution in [2.24, 2.45) is 10.6 Å². The summed E-state index contributed by atoms with van der Waals surface area (Å²) in [5.74, 6) is -3.44. The van der Waals surface area contributed by atoms with Crippen molar-refractivity contribution < 1.29 is 34.2 Å². The van der Waals surface area contributed by atoms with E-state index in [9.17, 15) is 24.3 Å². The first-order valence-corrected chi connectivity index (χ1v) is 13.3. The normalized spacial score (nSPS) is 23.8. The van der Waals surface area contributed by atoms with Crippen molar-refractivity contribution in [1.29, 1.82) is 0 Å². The number of anilines is 1. The van der Waals surface area contributed by atoms with Crippen LogP contribution in [-0.4, -0.2) is 100 Å². The summed E-state index contributed by atoms with van der Waals surface area (Å²) in [7, 11) is 0. The predicted octanol–water partition coefficient (Wildman–Crippen LogP) is -0.960. The molecule has 2 aliphatic heterocycles. The van der Waals surface area contributed by atoms with Crippen LogP contribution in [0.2, 0.25) is 0 Å². The van der Waals surface area contributed by atoms with Gasteiger partial charge in [0.1, 0.15) is 22.3 Å². The molecule has 2 saturated heterocycles. The number of carbonyl (C=O) groups is 4. The van der Waals surface area contributed by atoms with Crippen molar-refractivity contribution in [3.05, 3.63) is 11.3 Å². The first-order valence-electron chi connectivity index (χ1n) is 9.57. The van der Waals surface area contributed by atoms with E-state index in [1.165, 1.54) is 39.8 Å². The highest BCUT2D eigenvalue weighted by atomic mass is 32.2. The molecule has 35 heavy (non-hydrogen) atoms. The van der Waals surface area contributed by atoms with E-state index in [1.807, 2.05) is 0 Å². The molecule has 3 atom stereocenters. The lowest BCUT2D eigenvalue weighted by molar-refractivity contribution is -0.157. The minimum Gasteiger partial charge on any atom is -0.481 e. The van der Waals surface area contributed by atoms with Crippen molar-refractivity contribution in [3.63, 3.8) is 0 Å². The van der Waals surface area contributed by atoms with E-state index in [4.69, 9.17) is 10.8 Å². The second-order valence-corrected chi connectivity index (χ2v) is 11.2. The van der Waals surface area contributed by atoms with Crippen molar-refractivity contribution in [2.75, 3.05) is 30.4 Å². The number of carboxylic acids is 2. The van der Waals surface area contributed by atoms with Gasteiger partial charge in [-0.05, 0) is 0 Å². The molecule has 2 aliphatic rings. The summed E-state index contributed by atoms with van der Waals surface area (Å²) in [6, 6.07) is -0.948. The molecule has 0 radical (unpaired) electrons. The summed E-state index contributed by atoms with van der Waals surface area (Å²) in [6.45, 7) is -0.832. The molecule has 2 unspecified atom stereocenters. The average molecular weight is 561 g/mol. The van der Waals surface area contributed by atoms with E-state index >= 15 is 0 Å². The summed E-state index contributed by atoms with van der Waals surface area (Å²) in [5, 5.41) is 31.9. The highest BCUT2D eigenvalue weighted by molar-refractivity contribution is 8.01. The number of nitrogens with one attached hydrogen (secondary N) is 1. The second-order valence-electron chi connectivity index (χ2n) is 7.26. The zero-order valence-corrected chi connectivity index (χ0v) is 20.7. The minimum absolute atomic E-state index is 0.0240. The molecule has 2 aromatic heterocycles. The molecule has 2 amide bonds. The third kappa shape index (κ3) is 5.31. The molecule has 4 rings (SSSR count). The molecule has 15 nitrogen and oxygen atoms in total. The van der Waals surface area contributed by atoms with E-state index in [0.29, 0.717) is 4.34 Å². The van der Waals surface area contributed by atoms with Crippen molar-refractivity contribution in [2.45, 2.75) is 15.8 Å².